The first-order chi connectivity index (χ1) is 9.18. The Labute approximate surface area is 115 Å². The molecule has 3 aromatic rings. The van der Waals surface area contributed by atoms with Gasteiger partial charge in [0.1, 0.15) is 22.5 Å². The summed E-state index contributed by atoms with van der Waals surface area (Å²) >= 11 is 6.45. The molecule has 1 aromatic heterocycles. The summed E-state index contributed by atoms with van der Waals surface area (Å²) in [6.45, 7) is 0. The third kappa shape index (κ3) is 2.00. The number of nitrogens with zero attached hydrogens (tertiary/aromatic N) is 2. The van der Waals surface area contributed by atoms with Gasteiger partial charge in [-0.2, -0.15) is 0 Å². The van der Waals surface area contributed by atoms with E-state index < -0.39 is 5.38 Å². The molecule has 0 fully saturated rings. The van der Waals surface area contributed by atoms with E-state index in [9.17, 15) is 4.39 Å². The smallest absolute Gasteiger partial charge is 0.149 e. The van der Waals surface area contributed by atoms with E-state index in [-0.39, 0.29) is 5.82 Å². The molecule has 0 aliphatic rings. The lowest BCUT2D eigenvalue weighted by molar-refractivity contribution is 0.630. The Morgan fingerprint density at radius 2 is 1.84 bits per heavy atom. The zero-order valence-corrected chi connectivity index (χ0v) is 11.1. The molecule has 0 radical (unpaired) electrons. The maximum Gasteiger partial charge on any atom is 0.149 e. The number of imidazole rings is 1. The SMILES string of the molecule is Cn1c(C(Cl)c2ccccc2)nc2cccc(F)c21. The fraction of sp³-hybridized carbons (Fsp3) is 0.133. The summed E-state index contributed by atoms with van der Waals surface area (Å²) < 4.78 is 15.5. The highest BCUT2D eigenvalue weighted by molar-refractivity contribution is 6.22. The predicted molar refractivity (Wildman–Crippen MR) is 74.8 cm³/mol. The van der Waals surface area contributed by atoms with Crippen LogP contribution in [0.5, 0.6) is 0 Å². The van der Waals surface area contributed by atoms with E-state index in [1.54, 1.807) is 23.7 Å². The van der Waals surface area contributed by atoms with Gasteiger partial charge in [0.05, 0.1) is 5.52 Å². The molecule has 0 amide bonds. The molecular formula is C15H12ClFN2. The van der Waals surface area contributed by atoms with E-state index in [0.29, 0.717) is 16.9 Å². The van der Waals surface area contributed by atoms with Crippen LogP contribution in [0.1, 0.15) is 16.8 Å². The Hall–Kier alpha value is -1.87. The minimum Gasteiger partial charge on any atom is -0.327 e. The van der Waals surface area contributed by atoms with Crippen LogP contribution < -0.4 is 0 Å². The number of hydrogen-bond donors (Lipinski definition) is 0. The molecule has 0 bridgehead atoms. The van der Waals surface area contributed by atoms with E-state index >= 15 is 0 Å². The lowest BCUT2D eigenvalue weighted by Crippen LogP contribution is -2.03. The van der Waals surface area contributed by atoms with Crippen LogP contribution >= 0.6 is 11.6 Å². The molecule has 19 heavy (non-hydrogen) atoms. The number of aryl methyl sites for hydroxylation is 1. The average Bonchev–Trinajstić information content (AvgIpc) is 2.78. The largest absolute Gasteiger partial charge is 0.327 e. The van der Waals surface area contributed by atoms with Crippen LogP contribution in [0.3, 0.4) is 0 Å². The first kappa shape index (κ1) is 12.2. The highest BCUT2D eigenvalue weighted by atomic mass is 35.5. The minimum absolute atomic E-state index is 0.282. The van der Waals surface area contributed by atoms with Gasteiger partial charge in [-0.1, -0.05) is 36.4 Å². The van der Waals surface area contributed by atoms with Gasteiger partial charge in [-0.05, 0) is 17.7 Å². The molecule has 0 saturated heterocycles. The fourth-order valence-electron chi connectivity index (χ4n) is 2.24. The van der Waals surface area contributed by atoms with Crippen molar-refractivity contribution in [1.29, 1.82) is 0 Å². The lowest BCUT2D eigenvalue weighted by atomic mass is 10.1. The standard InChI is InChI=1S/C15H12ClFN2/c1-19-14-11(17)8-5-9-12(14)18-15(19)13(16)10-6-3-2-4-7-10/h2-9,13H,1H3. The van der Waals surface area contributed by atoms with Gasteiger partial charge in [-0.3, -0.25) is 0 Å². The van der Waals surface area contributed by atoms with Gasteiger partial charge in [0, 0.05) is 7.05 Å². The van der Waals surface area contributed by atoms with Crippen LogP contribution in [-0.4, -0.2) is 9.55 Å². The van der Waals surface area contributed by atoms with E-state index in [1.807, 2.05) is 30.3 Å². The van der Waals surface area contributed by atoms with Gasteiger partial charge in [0.2, 0.25) is 0 Å². The van der Waals surface area contributed by atoms with Crippen molar-refractivity contribution in [3.63, 3.8) is 0 Å². The maximum absolute atomic E-state index is 13.8. The van der Waals surface area contributed by atoms with Crippen molar-refractivity contribution in [1.82, 2.24) is 9.55 Å². The molecule has 0 saturated carbocycles. The zero-order valence-electron chi connectivity index (χ0n) is 10.3. The Balaban J connectivity index is 2.16. The molecule has 4 heteroatoms. The quantitative estimate of drug-likeness (QED) is 0.645. The van der Waals surface area contributed by atoms with Crippen LogP contribution in [0.25, 0.3) is 11.0 Å². The molecule has 0 spiro atoms. The Morgan fingerprint density at radius 3 is 2.53 bits per heavy atom. The monoisotopic (exact) mass is 274 g/mol. The number of halogens is 2. The molecule has 0 N–H and O–H groups in total. The number of alkyl halides is 1. The van der Waals surface area contributed by atoms with E-state index in [2.05, 4.69) is 4.98 Å². The molecule has 2 nitrogen and oxygen atoms in total. The second kappa shape index (κ2) is 4.67. The number of rotatable bonds is 2. The lowest BCUT2D eigenvalue weighted by Gasteiger charge is -2.09. The molecule has 0 aliphatic heterocycles. The number of fused-ring (bicyclic) bond motifs is 1. The molecule has 96 valence electrons. The van der Waals surface area contributed by atoms with Gasteiger partial charge in [0.15, 0.2) is 0 Å². The van der Waals surface area contributed by atoms with E-state index in [0.717, 1.165) is 5.56 Å². The van der Waals surface area contributed by atoms with Gasteiger partial charge in [-0.15, -0.1) is 11.6 Å². The average molecular weight is 275 g/mol. The summed E-state index contributed by atoms with van der Waals surface area (Å²) in [4.78, 5) is 4.44. The summed E-state index contributed by atoms with van der Waals surface area (Å²) in [6.07, 6.45) is 0. The molecular weight excluding hydrogens is 263 g/mol. The third-order valence-corrected chi connectivity index (χ3v) is 3.65. The van der Waals surface area contributed by atoms with Crippen molar-refractivity contribution in [2.24, 2.45) is 7.05 Å². The predicted octanol–water partition coefficient (Wildman–Crippen LogP) is 4.04. The topological polar surface area (TPSA) is 17.8 Å². The van der Waals surface area contributed by atoms with Crippen LogP contribution in [0.4, 0.5) is 4.39 Å². The van der Waals surface area contributed by atoms with Crippen molar-refractivity contribution in [2.45, 2.75) is 5.38 Å². The molecule has 1 unspecified atom stereocenters. The number of aromatic nitrogens is 2. The van der Waals surface area contributed by atoms with Gasteiger partial charge >= 0.3 is 0 Å². The van der Waals surface area contributed by atoms with Crippen molar-refractivity contribution in [3.8, 4) is 0 Å². The van der Waals surface area contributed by atoms with E-state index in [4.69, 9.17) is 11.6 Å². The van der Waals surface area contributed by atoms with Crippen molar-refractivity contribution in [2.75, 3.05) is 0 Å². The van der Waals surface area contributed by atoms with Crippen LogP contribution in [0.2, 0.25) is 0 Å². The second-order valence-electron chi connectivity index (χ2n) is 4.41. The minimum atomic E-state index is -0.391. The number of para-hydroxylation sites is 1. The summed E-state index contributed by atoms with van der Waals surface area (Å²) in [5.41, 5.74) is 2.06. The first-order valence-electron chi connectivity index (χ1n) is 5.98. The van der Waals surface area contributed by atoms with Gasteiger partial charge in [0.25, 0.3) is 0 Å². The Bertz CT molecular complexity index is 722. The highest BCUT2D eigenvalue weighted by Crippen LogP contribution is 2.30. The summed E-state index contributed by atoms with van der Waals surface area (Å²) in [6, 6.07) is 14.5. The van der Waals surface area contributed by atoms with Crippen molar-refractivity contribution in [3.05, 3.63) is 65.7 Å². The normalized spacial score (nSPS) is 12.8. The number of hydrogen-bond acceptors (Lipinski definition) is 1. The van der Waals surface area contributed by atoms with Crippen molar-refractivity contribution >= 4 is 22.6 Å². The molecule has 1 heterocycles. The highest BCUT2D eigenvalue weighted by Gasteiger charge is 2.19. The van der Waals surface area contributed by atoms with Crippen LogP contribution in [0.15, 0.2) is 48.5 Å². The first-order valence-corrected chi connectivity index (χ1v) is 6.42. The van der Waals surface area contributed by atoms with Crippen LogP contribution in [-0.2, 0) is 7.05 Å². The molecule has 0 aliphatic carbocycles. The molecule has 2 aromatic carbocycles. The van der Waals surface area contributed by atoms with Crippen molar-refractivity contribution < 1.29 is 4.39 Å². The third-order valence-electron chi connectivity index (χ3n) is 3.20. The molecule has 1 atom stereocenters. The zero-order chi connectivity index (χ0) is 13.4. The fourth-order valence-corrected chi connectivity index (χ4v) is 2.58. The van der Waals surface area contributed by atoms with Gasteiger partial charge < -0.3 is 4.57 Å². The van der Waals surface area contributed by atoms with E-state index in [1.165, 1.54) is 6.07 Å². The van der Waals surface area contributed by atoms with Gasteiger partial charge in [-0.25, -0.2) is 9.37 Å². The Morgan fingerprint density at radius 1 is 1.11 bits per heavy atom. The maximum atomic E-state index is 13.8. The Kier molecular flexibility index (Phi) is 2.99. The summed E-state index contributed by atoms with van der Waals surface area (Å²) in [5, 5.41) is -0.391. The summed E-state index contributed by atoms with van der Waals surface area (Å²) in [7, 11) is 1.78. The number of benzene rings is 2. The summed E-state index contributed by atoms with van der Waals surface area (Å²) in [5.74, 6) is 0.364. The second-order valence-corrected chi connectivity index (χ2v) is 4.85. The molecule has 3 rings (SSSR count). The van der Waals surface area contributed by atoms with Crippen LogP contribution in [0, 0.1) is 5.82 Å².